The minimum Gasteiger partial charge on any atom is -0.326 e. The number of hydrogen-bond donors (Lipinski definition) is 1. The number of hydrogen-bond acceptors (Lipinski definition) is 1. The van der Waals surface area contributed by atoms with Crippen LogP contribution in [-0.2, 0) is 16.5 Å². The van der Waals surface area contributed by atoms with Crippen molar-refractivity contribution in [2.75, 3.05) is 5.32 Å². The monoisotopic (exact) mass is 381 g/mol. The van der Waals surface area contributed by atoms with Crippen LogP contribution in [0.3, 0.4) is 0 Å². The molecular weight excluding hydrogens is 370 g/mol. The molecule has 0 aromatic heterocycles. The van der Waals surface area contributed by atoms with Gasteiger partial charge in [0.1, 0.15) is 0 Å². The van der Waals surface area contributed by atoms with Crippen molar-refractivity contribution < 1.29 is 4.79 Å². The second kappa shape index (κ2) is 6.87. The molecule has 1 N–H and O–H groups in total. The van der Waals surface area contributed by atoms with Gasteiger partial charge in [0.15, 0.2) is 0 Å². The first-order valence-electron chi connectivity index (χ1n) is 5.87. The van der Waals surface area contributed by atoms with Gasteiger partial charge in [-0.3, -0.25) is 4.79 Å². The zero-order chi connectivity index (χ0) is 13.7. The van der Waals surface area contributed by atoms with Gasteiger partial charge in [-0.25, -0.2) is 0 Å². The van der Waals surface area contributed by atoms with Crippen molar-refractivity contribution in [1.29, 1.82) is 0 Å². The molecular formula is C15H13Br2NO. The normalized spacial score (nSPS) is 10.2. The van der Waals surface area contributed by atoms with Gasteiger partial charge in [0.2, 0.25) is 5.91 Å². The molecule has 2 aromatic rings. The maximum absolute atomic E-state index is 12.0. The summed E-state index contributed by atoms with van der Waals surface area (Å²) < 4.78 is 0.985. The third-order valence-corrected chi connectivity index (χ3v) is 3.79. The molecule has 0 aliphatic heterocycles. The van der Waals surface area contributed by atoms with Crippen LogP contribution < -0.4 is 5.32 Å². The highest BCUT2D eigenvalue weighted by Crippen LogP contribution is 2.18. The van der Waals surface area contributed by atoms with Gasteiger partial charge < -0.3 is 5.32 Å². The number of rotatable bonds is 4. The second-order valence-electron chi connectivity index (χ2n) is 4.15. The van der Waals surface area contributed by atoms with E-state index in [9.17, 15) is 4.79 Å². The van der Waals surface area contributed by atoms with Crippen LogP contribution in [0, 0.1) is 0 Å². The Hall–Kier alpha value is -1.13. The van der Waals surface area contributed by atoms with E-state index in [1.54, 1.807) is 0 Å². The summed E-state index contributed by atoms with van der Waals surface area (Å²) in [5, 5.41) is 3.67. The van der Waals surface area contributed by atoms with Crippen LogP contribution in [0.2, 0.25) is 0 Å². The van der Waals surface area contributed by atoms with Gasteiger partial charge in [0.25, 0.3) is 0 Å². The molecule has 0 aliphatic rings. The van der Waals surface area contributed by atoms with E-state index in [1.165, 1.54) is 0 Å². The smallest absolute Gasteiger partial charge is 0.228 e. The van der Waals surface area contributed by atoms with Crippen molar-refractivity contribution in [3.05, 3.63) is 64.1 Å². The Morgan fingerprint density at radius 3 is 2.63 bits per heavy atom. The number of amides is 1. The summed E-state index contributed by atoms with van der Waals surface area (Å²) in [6.07, 6.45) is 0.371. The highest BCUT2D eigenvalue weighted by atomic mass is 79.9. The number of benzene rings is 2. The standard InChI is InChI=1S/C15H13Br2NO/c16-10-12-5-1-2-7-14(12)18-15(19)9-11-4-3-6-13(17)8-11/h1-8H,9-10H2,(H,18,19). The van der Waals surface area contributed by atoms with E-state index in [4.69, 9.17) is 0 Å². The van der Waals surface area contributed by atoms with E-state index >= 15 is 0 Å². The Bertz CT molecular complexity index is 584. The van der Waals surface area contributed by atoms with E-state index < -0.39 is 0 Å². The third-order valence-electron chi connectivity index (χ3n) is 2.69. The summed E-state index contributed by atoms with van der Waals surface area (Å²) in [5.41, 5.74) is 2.92. The summed E-state index contributed by atoms with van der Waals surface area (Å²) in [5.74, 6) is -0.00787. The molecule has 2 aromatic carbocycles. The van der Waals surface area contributed by atoms with Gasteiger partial charge in [-0.05, 0) is 29.3 Å². The third kappa shape index (κ3) is 4.18. The topological polar surface area (TPSA) is 29.1 Å². The molecule has 0 fully saturated rings. The Labute approximate surface area is 129 Å². The van der Waals surface area contributed by atoms with Crippen LogP contribution in [0.15, 0.2) is 53.0 Å². The molecule has 0 radical (unpaired) electrons. The first-order valence-corrected chi connectivity index (χ1v) is 7.78. The van der Waals surface area contributed by atoms with Gasteiger partial charge in [-0.2, -0.15) is 0 Å². The van der Waals surface area contributed by atoms with Gasteiger partial charge in [-0.15, -0.1) is 0 Å². The molecule has 19 heavy (non-hydrogen) atoms. The molecule has 98 valence electrons. The average Bonchev–Trinajstić information content (AvgIpc) is 2.39. The quantitative estimate of drug-likeness (QED) is 0.773. The summed E-state index contributed by atoms with van der Waals surface area (Å²) in [6, 6.07) is 15.6. The summed E-state index contributed by atoms with van der Waals surface area (Å²) >= 11 is 6.82. The van der Waals surface area contributed by atoms with Gasteiger partial charge in [-0.1, -0.05) is 62.2 Å². The van der Waals surface area contributed by atoms with Gasteiger partial charge in [0.05, 0.1) is 6.42 Å². The molecule has 0 aliphatic carbocycles. The van der Waals surface area contributed by atoms with E-state index in [1.807, 2.05) is 48.5 Å². The largest absolute Gasteiger partial charge is 0.326 e. The van der Waals surface area contributed by atoms with Crippen LogP contribution >= 0.6 is 31.9 Å². The fourth-order valence-electron chi connectivity index (χ4n) is 1.79. The Balaban J connectivity index is 2.05. The van der Waals surface area contributed by atoms with Crippen molar-refractivity contribution in [3.63, 3.8) is 0 Å². The summed E-state index contributed by atoms with van der Waals surface area (Å²) in [6.45, 7) is 0. The lowest BCUT2D eigenvalue weighted by Gasteiger charge is -2.09. The fraction of sp³-hybridized carbons (Fsp3) is 0.133. The summed E-state index contributed by atoms with van der Waals surface area (Å²) in [4.78, 5) is 12.0. The Morgan fingerprint density at radius 2 is 1.89 bits per heavy atom. The maximum atomic E-state index is 12.0. The number of para-hydroxylation sites is 1. The molecule has 1 amide bonds. The minimum atomic E-state index is -0.00787. The van der Waals surface area contributed by atoms with E-state index in [0.29, 0.717) is 6.42 Å². The lowest BCUT2D eigenvalue weighted by Crippen LogP contribution is -2.15. The lowest BCUT2D eigenvalue weighted by molar-refractivity contribution is -0.115. The van der Waals surface area contributed by atoms with Crippen molar-refractivity contribution in [2.45, 2.75) is 11.8 Å². The minimum absolute atomic E-state index is 0.00787. The molecule has 0 heterocycles. The SMILES string of the molecule is O=C(Cc1cccc(Br)c1)Nc1ccccc1CBr. The molecule has 0 saturated carbocycles. The zero-order valence-corrected chi connectivity index (χ0v) is 13.4. The molecule has 0 atom stereocenters. The van der Waals surface area contributed by atoms with Crippen LogP contribution in [-0.4, -0.2) is 5.91 Å². The first-order chi connectivity index (χ1) is 9.19. The molecule has 0 spiro atoms. The van der Waals surface area contributed by atoms with Crippen LogP contribution in [0.4, 0.5) is 5.69 Å². The van der Waals surface area contributed by atoms with Crippen LogP contribution in [0.25, 0.3) is 0 Å². The predicted molar refractivity (Wildman–Crippen MR) is 85.5 cm³/mol. The van der Waals surface area contributed by atoms with Crippen LogP contribution in [0.1, 0.15) is 11.1 Å². The van der Waals surface area contributed by atoms with Gasteiger partial charge in [0, 0.05) is 15.5 Å². The van der Waals surface area contributed by atoms with Crippen molar-refractivity contribution in [3.8, 4) is 0 Å². The van der Waals surface area contributed by atoms with Crippen molar-refractivity contribution in [1.82, 2.24) is 0 Å². The van der Waals surface area contributed by atoms with Crippen LogP contribution in [0.5, 0.6) is 0 Å². The zero-order valence-electron chi connectivity index (χ0n) is 10.2. The number of anilines is 1. The van der Waals surface area contributed by atoms with Crippen molar-refractivity contribution in [2.24, 2.45) is 0 Å². The van der Waals surface area contributed by atoms with Gasteiger partial charge >= 0.3 is 0 Å². The highest BCUT2D eigenvalue weighted by Gasteiger charge is 2.07. The van der Waals surface area contributed by atoms with Crippen molar-refractivity contribution >= 4 is 43.5 Å². The first kappa shape index (κ1) is 14.3. The number of alkyl halides is 1. The van der Waals surface area contributed by atoms with E-state index in [-0.39, 0.29) is 5.91 Å². The molecule has 2 nitrogen and oxygen atoms in total. The highest BCUT2D eigenvalue weighted by molar-refractivity contribution is 9.10. The maximum Gasteiger partial charge on any atom is 0.228 e. The average molecular weight is 383 g/mol. The number of halogens is 2. The number of carbonyl (C=O) groups is 1. The van der Waals surface area contributed by atoms with E-state index in [2.05, 4.69) is 37.2 Å². The Kier molecular flexibility index (Phi) is 5.16. The van der Waals surface area contributed by atoms with E-state index in [0.717, 1.165) is 26.6 Å². The number of carbonyl (C=O) groups excluding carboxylic acids is 1. The fourth-order valence-corrected chi connectivity index (χ4v) is 2.72. The molecule has 0 bridgehead atoms. The second-order valence-corrected chi connectivity index (χ2v) is 5.62. The number of nitrogens with one attached hydrogen (secondary N) is 1. The predicted octanol–water partition coefficient (Wildman–Crippen LogP) is 4.53. The summed E-state index contributed by atoms with van der Waals surface area (Å²) in [7, 11) is 0. The molecule has 4 heteroatoms. The Morgan fingerprint density at radius 1 is 1.11 bits per heavy atom. The molecule has 2 rings (SSSR count). The molecule has 0 unspecified atom stereocenters. The molecule has 0 saturated heterocycles. The lowest BCUT2D eigenvalue weighted by atomic mass is 10.1.